The quantitative estimate of drug-likeness (QED) is 0.476. The molecule has 2 nitrogen and oxygen atoms in total. The topological polar surface area (TPSA) is 25.8 Å². The molecule has 2 aromatic rings. The van der Waals surface area contributed by atoms with Gasteiger partial charge in [0.05, 0.1) is 0 Å². The van der Waals surface area contributed by atoms with E-state index in [0.717, 1.165) is 10.2 Å². The highest BCUT2D eigenvalue weighted by molar-refractivity contribution is 7.59. The Morgan fingerprint density at radius 2 is 2.08 bits per heavy atom. The van der Waals surface area contributed by atoms with Crippen LogP contribution in [-0.4, -0.2) is 9.97 Å². The highest BCUT2D eigenvalue weighted by Gasteiger charge is 2.04. The zero-order valence-electron chi connectivity index (χ0n) is 6.79. The first kappa shape index (κ1) is 7.89. The number of rotatable bonds is 0. The minimum absolute atomic E-state index is 0.668. The summed E-state index contributed by atoms with van der Waals surface area (Å²) in [5.41, 5.74) is 1.22. The Kier molecular flexibility index (Phi) is 1.73. The Labute approximate surface area is 80.1 Å². The lowest BCUT2D eigenvalue weighted by atomic mass is 10.2. The Balaban J connectivity index is 2.97. The summed E-state index contributed by atoms with van der Waals surface area (Å²) in [7, 11) is 0. The lowest BCUT2D eigenvalue weighted by Crippen LogP contribution is -1.83. The Morgan fingerprint density at radius 3 is 2.75 bits per heavy atom. The van der Waals surface area contributed by atoms with Crippen molar-refractivity contribution in [2.24, 2.45) is 0 Å². The molecule has 0 aliphatic rings. The smallest absolute Gasteiger partial charge is 0.125 e. The molecule has 0 unspecified atom stereocenters. The van der Waals surface area contributed by atoms with Gasteiger partial charge in [0.15, 0.2) is 0 Å². The van der Waals surface area contributed by atoms with Gasteiger partial charge in [-0.2, -0.15) is 0 Å². The van der Waals surface area contributed by atoms with E-state index in [1.54, 1.807) is 11.3 Å². The first-order chi connectivity index (χ1) is 5.70. The fourth-order valence-electron chi connectivity index (χ4n) is 1.15. The average Bonchev–Trinajstić information content (AvgIpc) is 2.29. The Morgan fingerprint density at radius 1 is 1.33 bits per heavy atom. The minimum Gasteiger partial charge on any atom is -0.759 e. The highest BCUT2D eigenvalue weighted by atomic mass is 32.1. The standard InChI is InChI=1S/C8H8N2S2/c1-4-5(2)12-8-6(4)7(11)9-3-10-8/h3H,1-2H3,(H,9,10,11)/p-1. The number of aryl methyl sites for hydroxylation is 2. The van der Waals surface area contributed by atoms with Gasteiger partial charge in [-0.15, -0.1) is 11.3 Å². The van der Waals surface area contributed by atoms with Crippen LogP contribution in [0.25, 0.3) is 10.2 Å². The lowest BCUT2D eigenvalue weighted by molar-refractivity contribution is 1.11. The summed E-state index contributed by atoms with van der Waals surface area (Å²) in [5, 5.41) is 1.72. The molecular weight excluding hydrogens is 188 g/mol. The number of fused-ring (bicyclic) bond motifs is 1. The van der Waals surface area contributed by atoms with Crippen LogP contribution in [0.5, 0.6) is 0 Å². The molecule has 2 heterocycles. The third kappa shape index (κ3) is 0.990. The zero-order chi connectivity index (χ0) is 8.72. The molecule has 0 aromatic carbocycles. The van der Waals surface area contributed by atoms with Crippen molar-refractivity contribution in [1.82, 2.24) is 9.97 Å². The first-order valence-electron chi connectivity index (χ1n) is 3.58. The van der Waals surface area contributed by atoms with Gasteiger partial charge >= 0.3 is 0 Å². The molecule has 0 amide bonds. The van der Waals surface area contributed by atoms with Crippen LogP contribution in [0.3, 0.4) is 0 Å². The maximum Gasteiger partial charge on any atom is 0.125 e. The van der Waals surface area contributed by atoms with Crippen molar-refractivity contribution in [1.29, 1.82) is 0 Å². The molecule has 0 spiro atoms. The van der Waals surface area contributed by atoms with E-state index in [9.17, 15) is 0 Å². The largest absolute Gasteiger partial charge is 0.759 e. The van der Waals surface area contributed by atoms with E-state index >= 15 is 0 Å². The Bertz CT molecular complexity index is 434. The molecule has 0 bridgehead atoms. The van der Waals surface area contributed by atoms with E-state index in [0.29, 0.717) is 5.03 Å². The highest BCUT2D eigenvalue weighted by Crippen LogP contribution is 2.29. The van der Waals surface area contributed by atoms with Crippen molar-refractivity contribution in [2.75, 3.05) is 0 Å². The van der Waals surface area contributed by atoms with Crippen molar-refractivity contribution in [3.8, 4) is 0 Å². The van der Waals surface area contributed by atoms with Crippen LogP contribution in [0, 0.1) is 13.8 Å². The first-order valence-corrected chi connectivity index (χ1v) is 4.80. The van der Waals surface area contributed by atoms with Crippen LogP contribution in [-0.2, 0) is 12.6 Å². The number of nitrogens with zero attached hydrogens (tertiary/aromatic N) is 2. The summed E-state index contributed by atoms with van der Waals surface area (Å²) >= 11 is 6.79. The zero-order valence-corrected chi connectivity index (χ0v) is 8.42. The van der Waals surface area contributed by atoms with E-state index in [-0.39, 0.29) is 0 Å². The van der Waals surface area contributed by atoms with Gasteiger partial charge in [-0.3, -0.25) is 4.98 Å². The molecule has 4 heteroatoms. The third-order valence-corrected chi connectivity index (χ3v) is 3.36. The number of hydrogen-bond acceptors (Lipinski definition) is 4. The fraction of sp³-hybridized carbons (Fsp3) is 0.250. The monoisotopic (exact) mass is 195 g/mol. The van der Waals surface area contributed by atoms with E-state index in [2.05, 4.69) is 23.8 Å². The van der Waals surface area contributed by atoms with Gasteiger partial charge in [-0.25, -0.2) is 4.98 Å². The van der Waals surface area contributed by atoms with Crippen LogP contribution in [0.4, 0.5) is 0 Å². The van der Waals surface area contributed by atoms with Gasteiger partial charge in [0.25, 0.3) is 0 Å². The maximum absolute atomic E-state index is 5.11. The van der Waals surface area contributed by atoms with Crippen LogP contribution in [0.1, 0.15) is 10.4 Å². The molecule has 0 fully saturated rings. The van der Waals surface area contributed by atoms with Gasteiger partial charge in [0.1, 0.15) is 11.2 Å². The third-order valence-electron chi connectivity index (χ3n) is 1.93. The SMILES string of the molecule is Cc1sc2ncnc([S-])c2c1C. The molecule has 0 atom stereocenters. The second kappa shape index (κ2) is 2.64. The molecule has 62 valence electrons. The fourth-order valence-corrected chi connectivity index (χ4v) is 2.51. The molecule has 2 rings (SSSR count). The van der Waals surface area contributed by atoms with Crippen molar-refractivity contribution in [2.45, 2.75) is 18.9 Å². The summed E-state index contributed by atoms with van der Waals surface area (Å²) in [5.74, 6) is 0. The maximum atomic E-state index is 5.11. The predicted molar refractivity (Wildman–Crippen MR) is 52.5 cm³/mol. The minimum atomic E-state index is 0.668. The summed E-state index contributed by atoms with van der Waals surface area (Å²) in [6.45, 7) is 4.14. The number of thiophene rings is 1. The van der Waals surface area contributed by atoms with Gasteiger partial charge in [0, 0.05) is 10.3 Å². The molecule has 0 saturated carbocycles. The van der Waals surface area contributed by atoms with Crippen molar-refractivity contribution >= 4 is 34.2 Å². The molecule has 0 radical (unpaired) electrons. The van der Waals surface area contributed by atoms with E-state index in [4.69, 9.17) is 12.6 Å². The molecule has 0 saturated heterocycles. The predicted octanol–water partition coefficient (Wildman–Crippen LogP) is 2.21. The summed E-state index contributed by atoms with van der Waals surface area (Å²) in [6.07, 6.45) is 1.53. The second-order valence-corrected chi connectivity index (χ2v) is 4.23. The summed E-state index contributed by atoms with van der Waals surface area (Å²) < 4.78 is 0. The summed E-state index contributed by atoms with van der Waals surface area (Å²) in [4.78, 5) is 10.4. The average molecular weight is 195 g/mol. The van der Waals surface area contributed by atoms with Crippen molar-refractivity contribution in [3.05, 3.63) is 16.8 Å². The molecule has 2 aromatic heterocycles. The Hall–Kier alpha value is -0.740. The van der Waals surface area contributed by atoms with Gasteiger partial charge in [-0.05, 0) is 19.4 Å². The number of aromatic nitrogens is 2. The lowest BCUT2D eigenvalue weighted by Gasteiger charge is -2.04. The summed E-state index contributed by atoms with van der Waals surface area (Å²) in [6, 6.07) is 0. The van der Waals surface area contributed by atoms with Crippen molar-refractivity contribution in [3.63, 3.8) is 0 Å². The normalized spacial score (nSPS) is 10.8. The van der Waals surface area contributed by atoms with E-state index in [1.165, 1.54) is 16.8 Å². The van der Waals surface area contributed by atoms with Crippen LogP contribution >= 0.6 is 11.3 Å². The molecule has 12 heavy (non-hydrogen) atoms. The number of hydrogen-bond donors (Lipinski definition) is 0. The molecule has 0 aliphatic heterocycles. The van der Waals surface area contributed by atoms with Crippen molar-refractivity contribution < 1.29 is 0 Å². The van der Waals surface area contributed by atoms with E-state index in [1.807, 2.05) is 0 Å². The second-order valence-electron chi connectivity index (χ2n) is 2.64. The van der Waals surface area contributed by atoms with Gasteiger partial charge < -0.3 is 12.6 Å². The van der Waals surface area contributed by atoms with Crippen LogP contribution in [0.15, 0.2) is 11.4 Å². The van der Waals surface area contributed by atoms with E-state index < -0.39 is 0 Å². The van der Waals surface area contributed by atoms with Crippen LogP contribution < -0.4 is 0 Å². The molecular formula is C8H7N2S2-. The van der Waals surface area contributed by atoms with Gasteiger partial charge in [-0.1, -0.05) is 5.03 Å². The van der Waals surface area contributed by atoms with Crippen LogP contribution in [0.2, 0.25) is 0 Å². The van der Waals surface area contributed by atoms with Gasteiger partial charge in [0.2, 0.25) is 0 Å². The molecule has 0 N–H and O–H groups in total. The molecule has 0 aliphatic carbocycles.